The minimum absolute atomic E-state index is 0.124. The minimum atomic E-state index is -0.622. The Bertz CT molecular complexity index is 1180. The fraction of sp³-hybridized carbons (Fsp3) is 0.360. The maximum Gasteiger partial charge on any atom is 0.290 e. The van der Waals surface area contributed by atoms with Gasteiger partial charge in [0.1, 0.15) is 0 Å². The molecule has 2 amide bonds. The van der Waals surface area contributed by atoms with Crippen LogP contribution < -0.4 is 16.4 Å². The molecule has 0 unspecified atom stereocenters. The van der Waals surface area contributed by atoms with Gasteiger partial charge < -0.3 is 0 Å². The van der Waals surface area contributed by atoms with E-state index in [2.05, 4.69) is 22.9 Å². The van der Waals surface area contributed by atoms with Crippen LogP contribution >= 0.6 is 0 Å². The van der Waals surface area contributed by atoms with E-state index >= 15 is 0 Å². The third kappa shape index (κ3) is 4.02. The molecule has 1 aromatic heterocycles. The number of carbonyl (C=O) groups excluding carboxylic acids is 2. The van der Waals surface area contributed by atoms with Crippen LogP contribution in [0.25, 0.3) is 10.8 Å². The van der Waals surface area contributed by atoms with Crippen LogP contribution in [0.2, 0.25) is 0 Å². The molecule has 2 N–H and O–H groups in total. The number of carbonyl (C=O) groups is 2. The molecule has 1 fully saturated rings. The summed E-state index contributed by atoms with van der Waals surface area (Å²) in [5.41, 5.74) is 5.38. The molecular formula is C25H28N4O3. The molecule has 1 saturated carbocycles. The molecule has 0 saturated heterocycles. The van der Waals surface area contributed by atoms with E-state index in [1.54, 1.807) is 24.3 Å². The van der Waals surface area contributed by atoms with Gasteiger partial charge in [-0.3, -0.25) is 25.2 Å². The standard InChI is InChI=1S/C25H28N4O3/c1-2-3-9-17-29-23(31)20-14-8-7-13-19(20)21(28-29)22(30)26-27-24(32)25(15-10-16-25)18-11-5-4-6-12-18/h4-8,11-14H,2-3,9-10,15-17H2,1H3,(H,26,30)(H,27,32). The Balaban J connectivity index is 1.57. The van der Waals surface area contributed by atoms with Crippen LogP contribution in [0.15, 0.2) is 59.4 Å². The largest absolute Gasteiger partial charge is 0.290 e. The summed E-state index contributed by atoms with van der Waals surface area (Å²) < 4.78 is 1.35. The summed E-state index contributed by atoms with van der Waals surface area (Å²) in [4.78, 5) is 38.9. The Kier molecular flexibility index (Phi) is 6.35. The predicted molar refractivity (Wildman–Crippen MR) is 123 cm³/mol. The van der Waals surface area contributed by atoms with Crippen LogP contribution in [-0.4, -0.2) is 21.6 Å². The van der Waals surface area contributed by atoms with Gasteiger partial charge in [-0.1, -0.05) is 74.7 Å². The zero-order chi connectivity index (χ0) is 22.6. The summed E-state index contributed by atoms with van der Waals surface area (Å²) in [6.07, 6.45) is 5.24. The van der Waals surface area contributed by atoms with Crippen LogP contribution in [0, 0.1) is 0 Å². The number of hydrazine groups is 1. The molecule has 166 valence electrons. The van der Waals surface area contributed by atoms with E-state index < -0.39 is 11.3 Å². The van der Waals surface area contributed by atoms with E-state index in [-0.39, 0.29) is 17.2 Å². The van der Waals surface area contributed by atoms with E-state index in [4.69, 9.17) is 0 Å². The monoisotopic (exact) mass is 432 g/mol. The average molecular weight is 433 g/mol. The van der Waals surface area contributed by atoms with Gasteiger partial charge in [0.15, 0.2) is 5.69 Å². The molecule has 2 aromatic carbocycles. The summed E-state index contributed by atoms with van der Waals surface area (Å²) in [5, 5.41) is 5.26. The van der Waals surface area contributed by atoms with E-state index in [0.717, 1.165) is 44.1 Å². The molecule has 7 heteroatoms. The molecule has 0 radical (unpaired) electrons. The number of hydrogen-bond acceptors (Lipinski definition) is 4. The van der Waals surface area contributed by atoms with Crippen molar-refractivity contribution in [2.75, 3.05) is 0 Å². The molecule has 1 aliphatic rings. The lowest BCUT2D eigenvalue weighted by molar-refractivity contribution is -0.130. The first-order valence-corrected chi connectivity index (χ1v) is 11.2. The summed E-state index contributed by atoms with van der Waals surface area (Å²) in [7, 11) is 0. The van der Waals surface area contributed by atoms with Gasteiger partial charge >= 0.3 is 0 Å². The van der Waals surface area contributed by atoms with E-state index in [1.165, 1.54) is 4.68 Å². The fourth-order valence-electron chi connectivity index (χ4n) is 4.29. The number of rotatable bonds is 7. The zero-order valence-electron chi connectivity index (χ0n) is 18.3. The Labute approximate surface area is 186 Å². The van der Waals surface area contributed by atoms with Crippen LogP contribution in [-0.2, 0) is 16.8 Å². The lowest BCUT2D eigenvalue weighted by atomic mass is 9.64. The highest BCUT2D eigenvalue weighted by atomic mass is 16.2. The minimum Gasteiger partial charge on any atom is -0.272 e. The topological polar surface area (TPSA) is 93.1 Å². The first-order chi connectivity index (χ1) is 15.6. The number of fused-ring (bicyclic) bond motifs is 1. The average Bonchev–Trinajstić information content (AvgIpc) is 2.79. The van der Waals surface area contributed by atoms with Crippen molar-refractivity contribution in [2.45, 2.75) is 57.4 Å². The second kappa shape index (κ2) is 9.34. The van der Waals surface area contributed by atoms with Crippen molar-refractivity contribution >= 4 is 22.6 Å². The van der Waals surface area contributed by atoms with E-state index in [1.807, 2.05) is 30.3 Å². The fourth-order valence-corrected chi connectivity index (χ4v) is 4.29. The van der Waals surface area contributed by atoms with Crippen molar-refractivity contribution < 1.29 is 9.59 Å². The van der Waals surface area contributed by atoms with Crippen LogP contribution in [0.1, 0.15) is 61.5 Å². The second-order valence-electron chi connectivity index (χ2n) is 8.34. The van der Waals surface area contributed by atoms with Crippen molar-refractivity contribution in [3.05, 3.63) is 76.2 Å². The number of aryl methyl sites for hydroxylation is 1. The zero-order valence-corrected chi connectivity index (χ0v) is 18.3. The van der Waals surface area contributed by atoms with Gasteiger partial charge in [-0.25, -0.2) is 4.68 Å². The number of aromatic nitrogens is 2. The molecular weight excluding hydrogens is 404 g/mol. The first-order valence-electron chi connectivity index (χ1n) is 11.2. The molecule has 1 aliphatic carbocycles. The SMILES string of the molecule is CCCCCn1nc(C(=O)NNC(=O)C2(c3ccccc3)CCC2)c2ccccc2c1=O. The summed E-state index contributed by atoms with van der Waals surface area (Å²) in [5.74, 6) is -0.773. The van der Waals surface area contributed by atoms with Crippen LogP contribution in [0.4, 0.5) is 0 Å². The first kappa shape index (κ1) is 21.7. The highest BCUT2D eigenvalue weighted by Gasteiger charge is 2.45. The molecule has 7 nitrogen and oxygen atoms in total. The number of nitrogens with zero attached hydrogens (tertiary/aromatic N) is 2. The maximum absolute atomic E-state index is 13.0. The number of hydrogen-bond donors (Lipinski definition) is 2. The van der Waals surface area contributed by atoms with Gasteiger partial charge in [-0.05, 0) is 30.9 Å². The molecule has 0 spiro atoms. The lowest BCUT2D eigenvalue weighted by Crippen LogP contribution is -2.54. The predicted octanol–water partition coefficient (Wildman–Crippen LogP) is 3.47. The molecule has 3 aromatic rings. The Hall–Kier alpha value is -3.48. The third-order valence-corrected chi connectivity index (χ3v) is 6.31. The van der Waals surface area contributed by atoms with Gasteiger partial charge in [0.2, 0.25) is 5.91 Å². The van der Waals surface area contributed by atoms with Crippen LogP contribution in [0.5, 0.6) is 0 Å². The summed E-state index contributed by atoms with van der Waals surface area (Å²) in [6, 6.07) is 16.6. The lowest BCUT2D eigenvalue weighted by Gasteiger charge is -2.40. The van der Waals surface area contributed by atoms with Gasteiger partial charge in [-0.15, -0.1) is 0 Å². The van der Waals surface area contributed by atoms with Crippen molar-refractivity contribution in [3.8, 4) is 0 Å². The quantitative estimate of drug-likeness (QED) is 0.442. The molecule has 0 atom stereocenters. The smallest absolute Gasteiger partial charge is 0.272 e. The van der Waals surface area contributed by atoms with Gasteiger partial charge in [0.05, 0.1) is 10.8 Å². The van der Waals surface area contributed by atoms with Crippen LogP contribution in [0.3, 0.4) is 0 Å². The molecule has 1 heterocycles. The molecule has 0 aliphatic heterocycles. The van der Waals surface area contributed by atoms with Crippen molar-refractivity contribution in [1.29, 1.82) is 0 Å². The Morgan fingerprint density at radius 1 is 0.969 bits per heavy atom. The number of benzene rings is 2. The highest BCUT2D eigenvalue weighted by Crippen LogP contribution is 2.43. The number of amides is 2. The molecule has 32 heavy (non-hydrogen) atoms. The molecule has 4 rings (SSSR count). The summed E-state index contributed by atoms with van der Waals surface area (Å²) >= 11 is 0. The van der Waals surface area contributed by atoms with Gasteiger partial charge in [-0.2, -0.15) is 5.10 Å². The molecule has 0 bridgehead atoms. The number of nitrogens with one attached hydrogen (secondary N) is 2. The van der Waals surface area contributed by atoms with E-state index in [0.29, 0.717) is 17.3 Å². The number of unbranched alkanes of at least 4 members (excludes halogenated alkanes) is 2. The Morgan fingerprint density at radius 3 is 2.31 bits per heavy atom. The van der Waals surface area contributed by atoms with Crippen molar-refractivity contribution in [2.24, 2.45) is 0 Å². The van der Waals surface area contributed by atoms with Gasteiger partial charge in [0.25, 0.3) is 11.5 Å². The van der Waals surface area contributed by atoms with E-state index in [9.17, 15) is 14.4 Å². The second-order valence-corrected chi connectivity index (χ2v) is 8.34. The van der Waals surface area contributed by atoms with Crippen molar-refractivity contribution in [1.82, 2.24) is 20.6 Å². The maximum atomic E-state index is 13.0. The normalized spacial score (nSPS) is 14.5. The third-order valence-electron chi connectivity index (χ3n) is 6.31. The van der Waals surface area contributed by atoms with Gasteiger partial charge in [0, 0.05) is 11.9 Å². The summed E-state index contributed by atoms with van der Waals surface area (Å²) in [6.45, 7) is 2.53. The Morgan fingerprint density at radius 2 is 1.66 bits per heavy atom. The van der Waals surface area contributed by atoms with Crippen molar-refractivity contribution in [3.63, 3.8) is 0 Å². The highest BCUT2D eigenvalue weighted by molar-refractivity contribution is 6.05.